The van der Waals surface area contributed by atoms with Gasteiger partial charge in [0.1, 0.15) is 6.04 Å². The topological polar surface area (TPSA) is 49.3 Å². The van der Waals surface area contributed by atoms with Crippen LogP contribution in [0.2, 0.25) is 0 Å². The second-order valence-corrected chi connectivity index (χ2v) is 6.53. The van der Waals surface area contributed by atoms with Gasteiger partial charge in [0.25, 0.3) is 0 Å². The minimum atomic E-state index is -4.44. The lowest BCUT2D eigenvalue weighted by molar-refractivity contribution is -0.139. The maximum Gasteiger partial charge on any atom is 0.416 e. The van der Waals surface area contributed by atoms with Crippen LogP contribution in [0.3, 0.4) is 0 Å². The number of carbonyl (C=O) groups is 1. The molecule has 0 heterocycles. The Hall–Kier alpha value is -1.56. The van der Waals surface area contributed by atoms with Gasteiger partial charge in [-0.05, 0) is 29.9 Å². The predicted molar refractivity (Wildman–Crippen MR) is 78.4 cm³/mol. The highest BCUT2D eigenvalue weighted by molar-refractivity contribution is 5.73. The van der Waals surface area contributed by atoms with Crippen LogP contribution in [0.25, 0.3) is 0 Å². The monoisotopic (exact) mass is 317 g/mol. The van der Waals surface area contributed by atoms with E-state index in [2.05, 4.69) is 5.32 Å². The molecule has 1 aromatic carbocycles. The largest absolute Gasteiger partial charge is 0.480 e. The van der Waals surface area contributed by atoms with Crippen LogP contribution in [0.15, 0.2) is 24.3 Å². The van der Waals surface area contributed by atoms with Gasteiger partial charge in [0.2, 0.25) is 0 Å². The second-order valence-electron chi connectivity index (χ2n) is 6.53. The van der Waals surface area contributed by atoms with Gasteiger partial charge >= 0.3 is 12.1 Å². The number of nitrogens with one attached hydrogen (secondary N) is 1. The van der Waals surface area contributed by atoms with Gasteiger partial charge in [-0.3, -0.25) is 4.79 Å². The molecule has 2 N–H and O–H groups in total. The summed E-state index contributed by atoms with van der Waals surface area (Å²) in [6.45, 7) is 5.84. The number of benzene rings is 1. The fourth-order valence-electron chi connectivity index (χ4n) is 2.07. The van der Waals surface area contributed by atoms with Crippen molar-refractivity contribution < 1.29 is 23.1 Å². The van der Waals surface area contributed by atoms with Crippen molar-refractivity contribution in [2.75, 3.05) is 0 Å². The number of rotatable bonds is 6. The summed E-state index contributed by atoms with van der Waals surface area (Å²) in [4.78, 5) is 11.2. The zero-order chi connectivity index (χ0) is 17.0. The summed E-state index contributed by atoms with van der Waals surface area (Å²) in [5.74, 6) is -1.05. The van der Waals surface area contributed by atoms with E-state index in [1.54, 1.807) is 0 Å². The number of halogens is 3. The Morgan fingerprint density at radius 2 is 1.82 bits per heavy atom. The molecule has 0 aliphatic heterocycles. The van der Waals surface area contributed by atoms with E-state index in [0.717, 1.165) is 6.07 Å². The Bertz CT molecular complexity index is 507. The van der Waals surface area contributed by atoms with Crippen LogP contribution >= 0.6 is 0 Å². The maximum atomic E-state index is 12.9. The van der Waals surface area contributed by atoms with Gasteiger partial charge in [0.05, 0.1) is 5.56 Å². The fourth-order valence-corrected chi connectivity index (χ4v) is 2.07. The normalized spacial score (nSPS) is 13.9. The van der Waals surface area contributed by atoms with E-state index in [9.17, 15) is 23.1 Å². The van der Waals surface area contributed by atoms with Gasteiger partial charge in [-0.1, -0.05) is 39.0 Å². The van der Waals surface area contributed by atoms with Crippen LogP contribution in [0, 0.1) is 5.41 Å². The van der Waals surface area contributed by atoms with Crippen molar-refractivity contribution in [1.29, 1.82) is 0 Å². The predicted octanol–water partition coefficient (Wildman–Crippen LogP) is 4.07. The molecule has 1 atom stereocenters. The van der Waals surface area contributed by atoms with Gasteiger partial charge < -0.3 is 10.4 Å². The second kappa shape index (κ2) is 7.13. The Morgan fingerprint density at radius 1 is 1.23 bits per heavy atom. The lowest BCUT2D eigenvalue weighted by Gasteiger charge is -2.22. The van der Waals surface area contributed by atoms with Gasteiger partial charge in [0.15, 0.2) is 0 Å². The molecule has 3 nitrogen and oxygen atoms in total. The summed E-state index contributed by atoms with van der Waals surface area (Å²) in [6, 6.07) is 4.33. The van der Waals surface area contributed by atoms with Crippen molar-refractivity contribution in [1.82, 2.24) is 5.32 Å². The van der Waals surface area contributed by atoms with Gasteiger partial charge in [-0.15, -0.1) is 0 Å². The third-order valence-electron chi connectivity index (χ3n) is 3.34. The molecular weight excluding hydrogens is 295 g/mol. The summed E-state index contributed by atoms with van der Waals surface area (Å²) in [7, 11) is 0. The highest BCUT2D eigenvalue weighted by Crippen LogP contribution is 2.31. The zero-order valence-electron chi connectivity index (χ0n) is 13.0. The summed E-state index contributed by atoms with van der Waals surface area (Å²) in [6.07, 6.45) is -3.41. The highest BCUT2D eigenvalue weighted by Gasteiger charge is 2.33. The molecule has 0 saturated carbocycles. The maximum absolute atomic E-state index is 12.9. The molecule has 6 heteroatoms. The average Bonchev–Trinajstić information content (AvgIpc) is 2.36. The molecule has 0 radical (unpaired) electrons. The highest BCUT2D eigenvalue weighted by atomic mass is 19.4. The first-order valence-corrected chi connectivity index (χ1v) is 7.12. The third-order valence-corrected chi connectivity index (χ3v) is 3.34. The minimum Gasteiger partial charge on any atom is -0.480 e. The van der Waals surface area contributed by atoms with Gasteiger partial charge in [-0.25, -0.2) is 0 Å². The van der Waals surface area contributed by atoms with E-state index >= 15 is 0 Å². The molecule has 0 fully saturated rings. The first kappa shape index (κ1) is 18.5. The van der Waals surface area contributed by atoms with Crippen molar-refractivity contribution in [3.8, 4) is 0 Å². The molecule has 0 amide bonds. The number of carboxylic acids is 1. The van der Waals surface area contributed by atoms with E-state index in [1.165, 1.54) is 18.2 Å². The van der Waals surface area contributed by atoms with Gasteiger partial charge in [-0.2, -0.15) is 13.2 Å². The van der Waals surface area contributed by atoms with Crippen molar-refractivity contribution in [2.24, 2.45) is 5.41 Å². The fraction of sp³-hybridized carbons (Fsp3) is 0.562. The minimum absolute atomic E-state index is 0.0285. The molecule has 0 aliphatic rings. The summed E-state index contributed by atoms with van der Waals surface area (Å²) in [5.41, 5.74) is -0.710. The van der Waals surface area contributed by atoms with Crippen molar-refractivity contribution in [2.45, 2.75) is 52.4 Å². The van der Waals surface area contributed by atoms with Crippen LogP contribution < -0.4 is 5.32 Å². The van der Waals surface area contributed by atoms with Crippen LogP contribution in [-0.4, -0.2) is 17.1 Å². The van der Waals surface area contributed by atoms with Crippen molar-refractivity contribution >= 4 is 5.97 Å². The Labute approximate surface area is 128 Å². The number of alkyl halides is 3. The number of hydrogen-bond donors (Lipinski definition) is 2. The zero-order valence-corrected chi connectivity index (χ0v) is 13.0. The molecule has 22 heavy (non-hydrogen) atoms. The first-order chi connectivity index (χ1) is 10.0. The average molecular weight is 317 g/mol. The molecule has 1 aromatic rings. The number of carboxylic acid groups (broad SMARTS) is 1. The van der Waals surface area contributed by atoms with Crippen molar-refractivity contribution in [3.63, 3.8) is 0 Å². The molecule has 1 rings (SSSR count). The molecule has 124 valence electrons. The lowest BCUT2D eigenvalue weighted by Crippen LogP contribution is -2.37. The summed E-state index contributed by atoms with van der Waals surface area (Å²) < 4.78 is 38.7. The smallest absolute Gasteiger partial charge is 0.416 e. The van der Waals surface area contributed by atoms with Crippen molar-refractivity contribution in [3.05, 3.63) is 35.4 Å². The van der Waals surface area contributed by atoms with E-state index in [0.29, 0.717) is 12.8 Å². The van der Waals surface area contributed by atoms with E-state index in [-0.39, 0.29) is 17.5 Å². The van der Waals surface area contributed by atoms with Gasteiger partial charge in [0, 0.05) is 6.54 Å². The van der Waals surface area contributed by atoms with Crippen LogP contribution in [0.5, 0.6) is 0 Å². The quantitative estimate of drug-likeness (QED) is 0.831. The molecule has 0 bridgehead atoms. The Morgan fingerprint density at radius 3 is 2.32 bits per heavy atom. The summed E-state index contributed by atoms with van der Waals surface area (Å²) in [5, 5.41) is 11.9. The van der Waals surface area contributed by atoms with E-state index in [4.69, 9.17) is 0 Å². The summed E-state index contributed by atoms with van der Waals surface area (Å²) >= 11 is 0. The SMILES string of the molecule is CC(C)(C)CC[C@H](NCc1ccccc1C(F)(F)F)C(=O)O. The molecular formula is C16H22F3NO2. The Balaban J connectivity index is 2.76. The van der Waals surface area contributed by atoms with Crippen LogP contribution in [0.1, 0.15) is 44.7 Å². The van der Waals surface area contributed by atoms with Crippen LogP contribution in [0.4, 0.5) is 13.2 Å². The van der Waals surface area contributed by atoms with E-state index < -0.39 is 23.8 Å². The number of aliphatic carboxylic acids is 1. The Kier molecular flexibility index (Phi) is 6.00. The third kappa shape index (κ3) is 6.05. The molecule has 0 saturated heterocycles. The molecule has 0 unspecified atom stereocenters. The first-order valence-electron chi connectivity index (χ1n) is 7.12. The van der Waals surface area contributed by atoms with E-state index in [1.807, 2.05) is 20.8 Å². The number of hydrogen-bond acceptors (Lipinski definition) is 2. The molecule has 0 spiro atoms. The standard InChI is InChI=1S/C16H22F3NO2/c1-15(2,3)9-8-13(14(21)22)20-10-11-6-4-5-7-12(11)16(17,18)19/h4-7,13,20H,8-10H2,1-3H3,(H,21,22)/t13-/m0/s1. The molecule has 0 aromatic heterocycles. The lowest BCUT2D eigenvalue weighted by atomic mass is 9.88. The molecule has 0 aliphatic carbocycles. The van der Waals surface area contributed by atoms with Crippen LogP contribution in [-0.2, 0) is 17.5 Å².